The van der Waals surface area contributed by atoms with Crippen molar-refractivity contribution >= 4 is 0 Å². The third-order valence-electron chi connectivity index (χ3n) is 7.67. The van der Waals surface area contributed by atoms with E-state index in [1.807, 2.05) is 6.56 Å². The molecule has 0 nitrogen and oxygen atoms in total. The Kier molecular flexibility index (Phi) is 6.70. The summed E-state index contributed by atoms with van der Waals surface area (Å²) in [5.74, 6) is 0.806. The SMILES string of the molecule is C1=CC[C]([Zr]([CH2]c2ccccc2)([CH2]c2ccccc2)[C]2=C(C3CCCCC3)C=CC2)=C1. The van der Waals surface area contributed by atoms with E-state index < -0.39 is 20.3 Å². The van der Waals surface area contributed by atoms with Gasteiger partial charge in [-0.15, -0.1) is 0 Å². The van der Waals surface area contributed by atoms with E-state index in [9.17, 15) is 0 Å². The van der Waals surface area contributed by atoms with Gasteiger partial charge in [-0.1, -0.05) is 0 Å². The van der Waals surface area contributed by atoms with E-state index in [0.717, 1.165) is 5.92 Å². The zero-order valence-electron chi connectivity index (χ0n) is 18.6. The molecule has 158 valence electrons. The fourth-order valence-corrected chi connectivity index (χ4v) is 19.8. The van der Waals surface area contributed by atoms with Gasteiger partial charge < -0.3 is 0 Å². The van der Waals surface area contributed by atoms with Gasteiger partial charge in [0.15, 0.2) is 0 Å². The van der Waals surface area contributed by atoms with Crippen LogP contribution in [0.4, 0.5) is 0 Å². The van der Waals surface area contributed by atoms with Crippen molar-refractivity contribution in [2.45, 2.75) is 53.2 Å². The van der Waals surface area contributed by atoms with Crippen LogP contribution in [-0.2, 0) is 28.5 Å². The average Bonchev–Trinajstić information content (AvgIpc) is 3.54. The summed E-state index contributed by atoms with van der Waals surface area (Å²) in [5.41, 5.74) is 4.86. The summed E-state index contributed by atoms with van der Waals surface area (Å²) in [6.07, 6.45) is 21.8. The van der Waals surface area contributed by atoms with Crippen LogP contribution in [0.15, 0.2) is 103 Å². The van der Waals surface area contributed by atoms with E-state index in [1.165, 1.54) is 53.2 Å². The molecule has 2 aromatic rings. The molecule has 5 rings (SSSR count). The molecule has 3 aliphatic carbocycles. The summed E-state index contributed by atoms with van der Waals surface area (Å²) in [6.45, 7) is 0. The van der Waals surface area contributed by atoms with Gasteiger partial charge in [-0.25, -0.2) is 0 Å². The first kappa shape index (κ1) is 21.1. The van der Waals surface area contributed by atoms with E-state index in [1.54, 1.807) is 16.7 Å². The minimum atomic E-state index is -2.97. The number of benzene rings is 2. The minimum absolute atomic E-state index is 0.806. The van der Waals surface area contributed by atoms with Gasteiger partial charge in [-0.3, -0.25) is 0 Å². The van der Waals surface area contributed by atoms with E-state index in [4.69, 9.17) is 0 Å². The molecule has 0 aromatic heterocycles. The summed E-state index contributed by atoms with van der Waals surface area (Å²) in [4.78, 5) is 0. The molecule has 1 heteroatoms. The van der Waals surface area contributed by atoms with Gasteiger partial charge in [0.1, 0.15) is 0 Å². The fourth-order valence-electron chi connectivity index (χ4n) is 6.18. The molecule has 0 aliphatic heterocycles. The van der Waals surface area contributed by atoms with Crippen LogP contribution in [0.25, 0.3) is 0 Å². The molecule has 0 atom stereocenters. The quantitative estimate of drug-likeness (QED) is 0.371. The molecule has 1 saturated carbocycles. The van der Waals surface area contributed by atoms with Crippen LogP contribution >= 0.6 is 0 Å². The molecule has 0 saturated heterocycles. The van der Waals surface area contributed by atoms with Crippen LogP contribution in [0.1, 0.15) is 56.1 Å². The van der Waals surface area contributed by atoms with Crippen molar-refractivity contribution in [1.29, 1.82) is 0 Å². The number of hydrogen-bond donors (Lipinski definition) is 0. The van der Waals surface area contributed by atoms with Crippen LogP contribution in [0, 0.1) is 5.92 Å². The maximum atomic E-state index is 2.55. The third-order valence-corrected chi connectivity index (χ3v) is 20.6. The Bertz CT molecular complexity index is 959. The van der Waals surface area contributed by atoms with Gasteiger partial charge in [0, 0.05) is 0 Å². The van der Waals surface area contributed by atoms with Crippen LogP contribution in [0.2, 0.25) is 0 Å². The van der Waals surface area contributed by atoms with E-state index in [-0.39, 0.29) is 0 Å². The molecule has 0 spiro atoms. The van der Waals surface area contributed by atoms with Crippen LogP contribution in [0.3, 0.4) is 0 Å². The van der Waals surface area contributed by atoms with Gasteiger partial charge in [0.05, 0.1) is 0 Å². The Morgan fingerprint density at radius 3 is 1.94 bits per heavy atom. The first-order chi connectivity index (χ1) is 15.4. The van der Waals surface area contributed by atoms with Crippen molar-refractivity contribution < 1.29 is 20.3 Å². The number of allylic oxidation sites excluding steroid dienone is 8. The number of rotatable bonds is 7. The van der Waals surface area contributed by atoms with Gasteiger partial charge >= 0.3 is 194 Å². The van der Waals surface area contributed by atoms with Crippen molar-refractivity contribution in [2.24, 2.45) is 5.92 Å². The zero-order valence-corrected chi connectivity index (χ0v) is 21.1. The summed E-state index contributed by atoms with van der Waals surface area (Å²) in [7, 11) is 0. The molecule has 1 fully saturated rings. The molecular weight excluding hydrogens is 452 g/mol. The predicted octanol–water partition coefficient (Wildman–Crippen LogP) is 8.18. The Hall–Kier alpha value is -1.72. The Balaban J connectivity index is 1.64. The first-order valence-electron chi connectivity index (χ1n) is 12.2. The molecule has 31 heavy (non-hydrogen) atoms. The molecular formula is C30H34Zr. The van der Waals surface area contributed by atoms with Crippen molar-refractivity contribution in [1.82, 2.24) is 0 Å². The molecule has 0 N–H and O–H groups in total. The monoisotopic (exact) mass is 484 g/mol. The maximum absolute atomic E-state index is 2.97. The van der Waals surface area contributed by atoms with Gasteiger partial charge in [0.25, 0.3) is 0 Å². The molecule has 0 bridgehead atoms. The fraction of sp³-hybridized carbons (Fsp3) is 0.333. The Morgan fingerprint density at radius 2 is 1.35 bits per heavy atom. The Labute approximate surface area is 192 Å². The first-order valence-corrected chi connectivity index (χ1v) is 18.1. The van der Waals surface area contributed by atoms with E-state index in [2.05, 4.69) is 91.0 Å². The predicted molar refractivity (Wildman–Crippen MR) is 129 cm³/mol. The van der Waals surface area contributed by atoms with Crippen LogP contribution in [-0.4, -0.2) is 0 Å². The second-order valence-electron chi connectivity index (χ2n) is 9.61. The summed E-state index contributed by atoms with van der Waals surface area (Å²) in [5, 5.41) is 0. The zero-order chi connectivity index (χ0) is 20.9. The van der Waals surface area contributed by atoms with Gasteiger partial charge in [-0.05, 0) is 0 Å². The molecule has 0 unspecified atom stereocenters. The van der Waals surface area contributed by atoms with Crippen molar-refractivity contribution in [2.75, 3.05) is 0 Å². The summed E-state index contributed by atoms with van der Waals surface area (Å²) < 4.78 is 6.33. The topological polar surface area (TPSA) is 0 Å². The molecule has 2 aromatic carbocycles. The second kappa shape index (κ2) is 9.83. The van der Waals surface area contributed by atoms with Crippen LogP contribution in [0.5, 0.6) is 0 Å². The molecule has 0 radical (unpaired) electrons. The summed E-state index contributed by atoms with van der Waals surface area (Å²) in [6, 6.07) is 22.8. The normalized spacial score (nSPS) is 19.3. The van der Waals surface area contributed by atoms with E-state index in [0.29, 0.717) is 0 Å². The van der Waals surface area contributed by atoms with Gasteiger partial charge in [-0.2, -0.15) is 0 Å². The van der Waals surface area contributed by atoms with Crippen LogP contribution < -0.4 is 0 Å². The van der Waals surface area contributed by atoms with Crippen molar-refractivity contribution in [3.05, 3.63) is 114 Å². The van der Waals surface area contributed by atoms with Gasteiger partial charge in [0.2, 0.25) is 0 Å². The van der Waals surface area contributed by atoms with Crippen molar-refractivity contribution in [3.8, 4) is 0 Å². The van der Waals surface area contributed by atoms with Crippen molar-refractivity contribution in [3.63, 3.8) is 0 Å². The Morgan fingerprint density at radius 1 is 0.710 bits per heavy atom. The number of hydrogen-bond acceptors (Lipinski definition) is 0. The standard InChI is InChI=1S/C11H15.2C7H7.C5H5.Zr/c1-2-6-10(7-3-1)11-8-4-5-9-11;2*1-7-5-3-2-4-6-7;1-2-4-5-3-1;/h4,8,10H,1-3,5-7H2;2*2-6H,1H2;1-3H,4H2;. The molecule has 0 amide bonds. The van der Waals surface area contributed by atoms with E-state index >= 15 is 0 Å². The molecule has 3 aliphatic rings. The molecule has 0 heterocycles. The second-order valence-corrected chi connectivity index (χ2v) is 19.7. The summed E-state index contributed by atoms with van der Waals surface area (Å²) >= 11 is -2.97. The third kappa shape index (κ3) is 4.58. The average molecular weight is 486 g/mol.